The third-order valence-corrected chi connectivity index (χ3v) is 4.96. The Kier molecular flexibility index (Phi) is 11.2. The van der Waals surface area contributed by atoms with Crippen LogP contribution in [0.4, 0.5) is 0 Å². The molecule has 5 nitrogen and oxygen atoms in total. The Bertz CT molecular complexity index is 611. The van der Waals surface area contributed by atoms with Gasteiger partial charge < -0.3 is 9.11 Å². The van der Waals surface area contributed by atoms with Crippen molar-refractivity contribution in [3.63, 3.8) is 0 Å². The molecule has 1 rings (SSSR count). The average molecular weight is 355 g/mol. The predicted octanol–water partition coefficient (Wildman–Crippen LogP) is -4.93. The van der Waals surface area contributed by atoms with Crippen molar-refractivity contribution in [1.82, 2.24) is 0 Å². The Balaban J connectivity index is 0. The number of hydrogen-bond acceptors (Lipinski definition) is 5. The summed E-state index contributed by atoms with van der Waals surface area (Å²) in [6.45, 7) is 6.00. The third kappa shape index (κ3) is 5.27. The molecule has 1 atom stereocenters. The van der Waals surface area contributed by atoms with Gasteiger partial charge in [-0.1, -0.05) is 0 Å². The molecule has 0 radical (unpaired) electrons. The van der Waals surface area contributed by atoms with Crippen LogP contribution in [0.3, 0.4) is 0 Å². The zero-order chi connectivity index (χ0) is 13.5. The summed E-state index contributed by atoms with van der Waals surface area (Å²) in [6.07, 6.45) is 0. The van der Waals surface area contributed by atoms with Gasteiger partial charge in [0, 0.05) is 4.90 Å². The third-order valence-electron chi connectivity index (χ3n) is 2.90. The second-order valence-corrected chi connectivity index (χ2v) is 6.04. The molecular weight excluding hydrogens is 342 g/mol. The van der Waals surface area contributed by atoms with Crippen molar-refractivity contribution in [2.75, 3.05) is 0 Å². The van der Waals surface area contributed by atoms with E-state index in [1.165, 1.54) is 13.8 Å². The summed E-state index contributed by atoms with van der Waals surface area (Å²) >= 11 is -2.57. The number of rotatable bonds is 2. The maximum absolute atomic E-state index is 11.2. The Morgan fingerprint density at radius 2 is 1.32 bits per heavy atom. The van der Waals surface area contributed by atoms with E-state index in [2.05, 4.69) is 0 Å². The van der Waals surface area contributed by atoms with Crippen LogP contribution in [-0.2, 0) is 21.2 Å². The van der Waals surface area contributed by atoms with Crippen molar-refractivity contribution in [2.24, 2.45) is 0 Å². The van der Waals surface area contributed by atoms with Crippen LogP contribution in [0.2, 0.25) is 0 Å². The molecule has 0 bridgehead atoms. The minimum Gasteiger partial charge on any atom is -0.768 e. The van der Waals surface area contributed by atoms with Crippen molar-refractivity contribution in [3.8, 4) is 0 Å². The summed E-state index contributed by atoms with van der Waals surface area (Å²) in [7, 11) is -4.68. The van der Waals surface area contributed by atoms with Gasteiger partial charge >= 0.3 is 103 Å². The molecule has 19 heavy (non-hydrogen) atoms. The molecule has 0 heterocycles. The van der Waals surface area contributed by atoms with E-state index in [0.717, 1.165) is 0 Å². The summed E-state index contributed by atoms with van der Waals surface area (Å²) < 4.78 is 55.6. The van der Waals surface area contributed by atoms with Gasteiger partial charge in [0.2, 0.25) is 0 Å². The molecule has 1 aromatic rings. The van der Waals surface area contributed by atoms with Gasteiger partial charge in [0.05, 0.1) is 4.90 Å². The van der Waals surface area contributed by atoms with Crippen LogP contribution in [0, 0.1) is 27.7 Å². The summed E-state index contributed by atoms with van der Waals surface area (Å²) in [5, 5.41) is 0. The molecular formula is C10H12K2O5S2. The van der Waals surface area contributed by atoms with Crippen molar-refractivity contribution >= 4 is 21.2 Å². The molecule has 0 spiro atoms. The molecule has 0 fully saturated rings. The van der Waals surface area contributed by atoms with Crippen LogP contribution in [0.25, 0.3) is 0 Å². The summed E-state index contributed by atoms with van der Waals surface area (Å²) in [5.74, 6) is 0. The van der Waals surface area contributed by atoms with Gasteiger partial charge in [-0.05, 0) is 61.0 Å². The first-order valence-electron chi connectivity index (χ1n) is 4.74. The summed E-state index contributed by atoms with van der Waals surface area (Å²) in [5.41, 5.74) is 1.28. The van der Waals surface area contributed by atoms with Crippen LogP contribution < -0.4 is 103 Å². The van der Waals surface area contributed by atoms with Gasteiger partial charge in [0.25, 0.3) is 0 Å². The van der Waals surface area contributed by atoms with Gasteiger partial charge in [-0.25, -0.2) is 8.42 Å². The van der Waals surface area contributed by atoms with Gasteiger partial charge in [0.1, 0.15) is 10.1 Å². The smallest absolute Gasteiger partial charge is 0.768 e. The fourth-order valence-electron chi connectivity index (χ4n) is 1.91. The van der Waals surface area contributed by atoms with Crippen LogP contribution >= 0.6 is 0 Å². The molecule has 0 aromatic heterocycles. The SMILES string of the molecule is Cc1c(C)c(S(=O)[O-])c(C)c(S(=O)(=O)[O-])c1C.[K+].[K+]. The average Bonchev–Trinajstić information content (AvgIpc) is 2.11. The second kappa shape index (κ2) is 8.97. The van der Waals surface area contributed by atoms with E-state index in [-0.39, 0.29) is 113 Å². The summed E-state index contributed by atoms with van der Waals surface area (Å²) in [6, 6.07) is 0. The van der Waals surface area contributed by atoms with Gasteiger partial charge in [-0.3, -0.25) is 4.21 Å². The Morgan fingerprint density at radius 1 is 0.895 bits per heavy atom. The molecule has 0 aliphatic heterocycles. The van der Waals surface area contributed by atoms with Gasteiger partial charge in [-0.15, -0.1) is 0 Å². The van der Waals surface area contributed by atoms with E-state index in [4.69, 9.17) is 0 Å². The molecule has 1 unspecified atom stereocenters. The molecule has 96 valence electrons. The molecule has 0 amide bonds. The zero-order valence-electron chi connectivity index (χ0n) is 11.9. The van der Waals surface area contributed by atoms with Crippen molar-refractivity contribution in [3.05, 3.63) is 22.3 Å². The van der Waals surface area contributed by atoms with Crippen molar-refractivity contribution in [2.45, 2.75) is 37.5 Å². The number of hydrogen-bond donors (Lipinski definition) is 0. The zero-order valence-corrected chi connectivity index (χ0v) is 19.7. The molecule has 0 saturated carbocycles. The predicted molar refractivity (Wildman–Crippen MR) is 60.5 cm³/mol. The standard InChI is InChI=1S/C10H14O5S2.2K/c1-5-6(2)9(16(11)12)8(4)10(7(5)3)17(13,14)15;;/h1-4H3,(H,11,12)(H,13,14,15);;/q;2*+1/p-2. The first-order chi connectivity index (χ1) is 7.59. The van der Waals surface area contributed by atoms with Crippen molar-refractivity contribution in [1.29, 1.82) is 0 Å². The Morgan fingerprint density at radius 3 is 1.63 bits per heavy atom. The largest absolute Gasteiger partial charge is 1.00 e. The van der Waals surface area contributed by atoms with Crippen LogP contribution in [-0.4, -0.2) is 21.7 Å². The van der Waals surface area contributed by atoms with E-state index in [0.29, 0.717) is 16.7 Å². The minimum absolute atomic E-state index is 0. The Hall–Kier alpha value is 2.51. The maximum atomic E-state index is 11.2. The maximum Gasteiger partial charge on any atom is 1.00 e. The first-order valence-corrected chi connectivity index (χ1v) is 7.22. The van der Waals surface area contributed by atoms with Gasteiger partial charge in [0.15, 0.2) is 0 Å². The normalized spacial score (nSPS) is 12.3. The van der Waals surface area contributed by atoms with Gasteiger partial charge in [-0.2, -0.15) is 0 Å². The van der Waals surface area contributed by atoms with E-state index < -0.39 is 26.1 Å². The molecule has 0 saturated heterocycles. The second-order valence-electron chi connectivity index (χ2n) is 3.85. The molecule has 9 heteroatoms. The Labute approximate surface area is 201 Å². The monoisotopic (exact) mass is 354 g/mol. The quantitative estimate of drug-likeness (QED) is 0.301. The van der Waals surface area contributed by atoms with Crippen LogP contribution in [0.5, 0.6) is 0 Å². The molecule has 0 N–H and O–H groups in total. The van der Waals surface area contributed by atoms with E-state index in [9.17, 15) is 21.7 Å². The molecule has 0 aliphatic carbocycles. The van der Waals surface area contributed by atoms with Crippen LogP contribution in [0.15, 0.2) is 9.79 Å². The van der Waals surface area contributed by atoms with E-state index in [1.54, 1.807) is 13.8 Å². The summed E-state index contributed by atoms with van der Waals surface area (Å²) in [4.78, 5) is -0.540. The van der Waals surface area contributed by atoms with Crippen LogP contribution in [0.1, 0.15) is 22.3 Å². The fraction of sp³-hybridized carbons (Fsp3) is 0.400. The van der Waals surface area contributed by atoms with Crippen molar-refractivity contribution < 1.29 is 125 Å². The number of benzene rings is 1. The molecule has 0 aliphatic rings. The first kappa shape index (κ1) is 23.8. The molecule has 1 aromatic carbocycles. The minimum atomic E-state index is -4.68. The topological polar surface area (TPSA) is 97.3 Å². The fourth-order valence-corrected chi connectivity index (χ4v) is 3.74. The van der Waals surface area contributed by atoms with E-state index in [1.807, 2.05) is 0 Å². The van der Waals surface area contributed by atoms with E-state index >= 15 is 0 Å².